The van der Waals surface area contributed by atoms with E-state index in [1.54, 1.807) is 6.07 Å². The number of hydrogen-bond acceptors (Lipinski definition) is 5. The second-order valence-electron chi connectivity index (χ2n) is 8.27. The molecule has 148 valence electrons. The first kappa shape index (κ1) is 20.4. The molecule has 2 atom stereocenters. The minimum Gasteiger partial charge on any atom is -0.301 e. The molecule has 0 bridgehead atoms. The summed E-state index contributed by atoms with van der Waals surface area (Å²) in [6.45, 7) is 10.4. The Morgan fingerprint density at radius 2 is 2.15 bits per heavy atom. The van der Waals surface area contributed by atoms with Crippen molar-refractivity contribution in [3.05, 3.63) is 51.7 Å². The fourth-order valence-electron chi connectivity index (χ4n) is 4.13. The highest BCUT2D eigenvalue weighted by Gasteiger charge is 2.47. The molecule has 6 heteroatoms. The van der Waals surface area contributed by atoms with Crippen LogP contribution >= 0.6 is 11.3 Å². The fraction of sp³-hybridized carbons (Fsp3) is 0.571. The normalized spacial score (nSPS) is 22.3. The van der Waals surface area contributed by atoms with Gasteiger partial charge in [0, 0.05) is 34.3 Å². The molecule has 0 aliphatic carbocycles. The molecule has 0 aromatic carbocycles. The molecule has 1 aliphatic heterocycles. The number of halogens is 1. The second kappa shape index (κ2) is 7.95. The fourth-order valence-corrected chi connectivity index (χ4v) is 4.85. The van der Waals surface area contributed by atoms with E-state index in [-0.39, 0.29) is 22.2 Å². The van der Waals surface area contributed by atoms with Gasteiger partial charge in [-0.15, -0.1) is 11.3 Å². The van der Waals surface area contributed by atoms with Gasteiger partial charge in [0.05, 0.1) is 6.10 Å². The molecule has 1 aliphatic rings. The Balaban J connectivity index is 1.77. The first-order chi connectivity index (χ1) is 12.8. The van der Waals surface area contributed by atoms with Crippen LogP contribution in [0, 0.1) is 17.5 Å². The Morgan fingerprint density at radius 1 is 1.37 bits per heavy atom. The zero-order valence-electron chi connectivity index (χ0n) is 16.7. The van der Waals surface area contributed by atoms with Gasteiger partial charge in [0.2, 0.25) is 0 Å². The van der Waals surface area contributed by atoms with Gasteiger partial charge in [-0.25, -0.2) is 5.90 Å². The monoisotopic (exact) mass is 391 g/mol. The van der Waals surface area contributed by atoms with Crippen LogP contribution in [-0.4, -0.2) is 29.1 Å². The zero-order valence-corrected chi connectivity index (χ0v) is 17.5. The van der Waals surface area contributed by atoms with Crippen molar-refractivity contribution in [1.29, 1.82) is 0 Å². The molecule has 1 fully saturated rings. The summed E-state index contributed by atoms with van der Waals surface area (Å²) in [5, 5.41) is -0.122. The van der Waals surface area contributed by atoms with E-state index in [1.165, 1.54) is 16.9 Å². The van der Waals surface area contributed by atoms with Gasteiger partial charge in [0.1, 0.15) is 0 Å². The summed E-state index contributed by atoms with van der Waals surface area (Å²) in [7, 11) is 0. The van der Waals surface area contributed by atoms with Gasteiger partial charge < -0.3 is 4.84 Å². The van der Waals surface area contributed by atoms with Gasteiger partial charge in [0.15, 0.2) is 5.13 Å². The molecular weight excluding hydrogens is 361 g/mol. The van der Waals surface area contributed by atoms with Crippen molar-refractivity contribution < 1.29 is 9.23 Å². The van der Waals surface area contributed by atoms with Gasteiger partial charge in [-0.1, -0.05) is 6.07 Å². The van der Waals surface area contributed by atoms with E-state index in [2.05, 4.69) is 42.8 Å². The van der Waals surface area contributed by atoms with Gasteiger partial charge in [0.25, 0.3) is 0 Å². The van der Waals surface area contributed by atoms with E-state index in [9.17, 15) is 4.39 Å². The topological polar surface area (TPSA) is 51.4 Å². The molecule has 2 aromatic rings. The summed E-state index contributed by atoms with van der Waals surface area (Å²) < 4.78 is 13.3. The maximum absolute atomic E-state index is 13.3. The van der Waals surface area contributed by atoms with E-state index < -0.39 is 0 Å². The quantitative estimate of drug-likeness (QED) is 0.710. The van der Waals surface area contributed by atoms with Crippen LogP contribution in [0.15, 0.2) is 30.5 Å². The standard InChI is InChI=1S/C21H30FN3OS/c1-15-5-6-17(13-24-15)20(3,4)25-12-11-21(14-25,16(2)26-23)10-9-18-7-8-19(22)27-18/h5-8,13,16H,9-12,14,23H2,1-4H3. The number of nitrogens with zero attached hydrogens (tertiary/aromatic N) is 2. The number of aryl methyl sites for hydroxylation is 2. The molecule has 2 N–H and O–H groups in total. The predicted octanol–water partition coefficient (Wildman–Crippen LogP) is 4.43. The number of rotatable bonds is 7. The molecule has 0 amide bonds. The van der Waals surface area contributed by atoms with E-state index >= 15 is 0 Å². The van der Waals surface area contributed by atoms with Crippen molar-refractivity contribution in [3.63, 3.8) is 0 Å². The minimum absolute atomic E-state index is 0.0371. The maximum atomic E-state index is 13.3. The lowest BCUT2D eigenvalue weighted by Crippen LogP contribution is -2.45. The van der Waals surface area contributed by atoms with Crippen molar-refractivity contribution in [1.82, 2.24) is 9.88 Å². The molecule has 27 heavy (non-hydrogen) atoms. The van der Waals surface area contributed by atoms with Crippen molar-refractivity contribution in [3.8, 4) is 0 Å². The average molecular weight is 392 g/mol. The largest absolute Gasteiger partial charge is 0.301 e. The number of aromatic nitrogens is 1. The molecule has 3 rings (SSSR count). The molecular formula is C21H30FN3OS. The predicted molar refractivity (Wildman–Crippen MR) is 108 cm³/mol. The third-order valence-electron chi connectivity index (χ3n) is 6.36. The molecule has 0 spiro atoms. The minimum atomic E-state index is -0.122. The average Bonchev–Trinajstić information content (AvgIpc) is 3.27. The summed E-state index contributed by atoms with van der Waals surface area (Å²) in [5.41, 5.74) is 2.08. The molecule has 1 saturated heterocycles. The van der Waals surface area contributed by atoms with Gasteiger partial charge in [-0.3, -0.25) is 9.88 Å². The van der Waals surface area contributed by atoms with Crippen molar-refractivity contribution >= 4 is 11.3 Å². The zero-order chi connectivity index (χ0) is 19.7. The Labute approximate surface area is 165 Å². The summed E-state index contributed by atoms with van der Waals surface area (Å²) in [6.07, 6.45) is 4.72. The summed E-state index contributed by atoms with van der Waals surface area (Å²) in [6, 6.07) is 7.66. The number of pyridine rings is 1. The Morgan fingerprint density at radius 3 is 2.74 bits per heavy atom. The highest BCUT2D eigenvalue weighted by molar-refractivity contribution is 7.10. The highest BCUT2D eigenvalue weighted by Crippen LogP contribution is 2.44. The van der Waals surface area contributed by atoms with Crippen LogP contribution in [0.5, 0.6) is 0 Å². The lowest BCUT2D eigenvalue weighted by Gasteiger charge is -2.39. The second-order valence-corrected chi connectivity index (χ2v) is 9.38. The molecule has 0 radical (unpaired) electrons. The van der Waals surface area contributed by atoms with E-state index in [0.29, 0.717) is 0 Å². The van der Waals surface area contributed by atoms with Crippen LogP contribution in [0.25, 0.3) is 0 Å². The molecule has 3 heterocycles. The molecule has 4 nitrogen and oxygen atoms in total. The summed E-state index contributed by atoms with van der Waals surface area (Å²) in [5.74, 6) is 5.61. The van der Waals surface area contributed by atoms with E-state index in [4.69, 9.17) is 10.7 Å². The number of nitrogens with two attached hydrogens (primary N) is 1. The number of hydrogen-bond donors (Lipinski definition) is 1. The summed E-state index contributed by atoms with van der Waals surface area (Å²) in [4.78, 5) is 13.4. The lowest BCUT2D eigenvalue weighted by molar-refractivity contribution is -0.0361. The molecule has 2 aromatic heterocycles. The SMILES string of the molecule is Cc1ccc(C(C)(C)N2CCC(CCc3ccc(F)s3)(C(C)ON)C2)cn1. The van der Waals surface area contributed by atoms with Crippen LogP contribution in [0.1, 0.15) is 49.7 Å². The number of likely N-dealkylation sites (tertiary alicyclic amines) is 1. The van der Waals surface area contributed by atoms with Gasteiger partial charge in [-0.2, -0.15) is 4.39 Å². The van der Waals surface area contributed by atoms with Crippen LogP contribution in [0.3, 0.4) is 0 Å². The van der Waals surface area contributed by atoms with E-state index in [0.717, 1.165) is 42.9 Å². The third-order valence-corrected chi connectivity index (χ3v) is 7.29. The van der Waals surface area contributed by atoms with Crippen molar-refractivity contribution in [2.75, 3.05) is 13.1 Å². The van der Waals surface area contributed by atoms with Gasteiger partial charge >= 0.3 is 0 Å². The van der Waals surface area contributed by atoms with Gasteiger partial charge in [-0.05, 0) is 77.3 Å². The van der Waals surface area contributed by atoms with E-state index in [1.807, 2.05) is 19.2 Å². The van der Waals surface area contributed by atoms with Crippen LogP contribution in [-0.2, 0) is 16.8 Å². The summed E-state index contributed by atoms with van der Waals surface area (Å²) >= 11 is 1.23. The lowest BCUT2D eigenvalue weighted by atomic mass is 9.77. The van der Waals surface area contributed by atoms with Crippen molar-refractivity contribution in [2.45, 2.75) is 58.6 Å². The maximum Gasteiger partial charge on any atom is 0.176 e. The third kappa shape index (κ3) is 4.24. The smallest absolute Gasteiger partial charge is 0.176 e. The highest BCUT2D eigenvalue weighted by atomic mass is 32.1. The van der Waals surface area contributed by atoms with Crippen LogP contribution in [0.4, 0.5) is 4.39 Å². The molecule has 2 unspecified atom stereocenters. The number of thiophene rings is 1. The van der Waals surface area contributed by atoms with Crippen molar-refractivity contribution in [2.24, 2.45) is 11.3 Å². The first-order valence-electron chi connectivity index (χ1n) is 9.55. The first-order valence-corrected chi connectivity index (χ1v) is 10.4. The molecule has 0 saturated carbocycles. The van der Waals surface area contributed by atoms with Crippen LogP contribution < -0.4 is 5.90 Å². The Bertz CT molecular complexity index is 761. The Kier molecular flexibility index (Phi) is 6.01. The Hall–Kier alpha value is -1.34. The van der Waals surface area contributed by atoms with Crippen LogP contribution in [0.2, 0.25) is 0 Å².